The standard InChI is InChI=1S/C23H22ClF3N2O/c24-18-2-1-17(23(25,26)27)9-19(18)29-21(30)16-3-4-28-20(8-16)22-10-13-5-14(11-22)7-15(6-13)12-22/h1-4,8-9,13-15H,5-7,10-12H2,(H,29,30). The summed E-state index contributed by atoms with van der Waals surface area (Å²) in [6, 6.07) is 6.33. The van der Waals surface area contributed by atoms with Gasteiger partial charge in [-0.1, -0.05) is 11.6 Å². The molecular weight excluding hydrogens is 413 g/mol. The molecule has 1 amide bonds. The Kier molecular flexibility index (Phi) is 4.62. The van der Waals surface area contributed by atoms with Crippen molar-refractivity contribution in [2.24, 2.45) is 17.8 Å². The van der Waals surface area contributed by atoms with Crippen molar-refractivity contribution in [1.29, 1.82) is 0 Å². The van der Waals surface area contributed by atoms with Gasteiger partial charge >= 0.3 is 6.18 Å². The van der Waals surface area contributed by atoms with Crippen molar-refractivity contribution >= 4 is 23.2 Å². The van der Waals surface area contributed by atoms with Crippen LogP contribution in [-0.2, 0) is 11.6 Å². The molecule has 0 aliphatic heterocycles. The van der Waals surface area contributed by atoms with Gasteiger partial charge in [0.25, 0.3) is 5.91 Å². The largest absolute Gasteiger partial charge is 0.416 e. The molecule has 1 aromatic carbocycles. The fourth-order valence-corrected chi connectivity index (χ4v) is 6.44. The van der Waals surface area contributed by atoms with Gasteiger partial charge in [0.2, 0.25) is 0 Å². The lowest BCUT2D eigenvalue weighted by atomic mass is 9.48. The Morgan fingerprint density at radius 1 is 1.03 bits per heavy atom. The first-order valence-electron chi connectivity index (χ1n) is 10.4. The topological polar surface area (TPSA) is 42.0 Å². The average Bonchev–Trinajstić information content (AvgIpc) is 2.68. The number of hydrogen-bond acceptors (Lipinski definition) is 2. The number of alkyl halides is 3. The number of rotatable bonds is 3. The molecular formula is C23H22ClF3N2O. The first-order valence-corrected chi connectivity index (χ1v) is 10.7. The number of pyridine rings is 1. The number of hydrogen-bond donors (Lipinski definition) is 1. The molecule has 0 spiro atoms. The summed E-state index contributed by atoms with van der Waals surface area (Å²) in [7, 11) is 0. The summed E-state index contributed by atoms with van der Waals surface area (Å²) in [6.07, 6.45) is 4.43. The maximum absolute atomic E-state index is 13.0. The molecule has 4 saturated carbocycles. The predicted octanol–water partition coefficient (Wildman–Crippen LogP) is 6.47. The molecule has 7 heteroatoms. The minimum Gasteiger partial charge on any atom is -0.321 e. The van der Waals surface area contributed by atoms with E-state index < -0.39 is 17.6 Å². The summed E-state index contributed by atoms with van der Waals surface area (Å²) in [4.78, 5) is 17.5. The van der Waals surface area contributed by atoms with E-state index in [0.29, 0.717) is 5.56 Å². The fourth-order valence-electron chi connectivity index (χ4n) is 6.28. The molecule has 0 saturated heterocycles. The molecule has 4 fully saturated rings. The molecule has 158 valence electrons. The molecule has 3 nitrogen and oxygen atoms in total. The van der Waals surface area contributed by atoms with Crippen molar-refractivity contribution < 1.29 is 18.0 Å². The molecule has 0 atom stereocenters. The lowest BCUT2D eigenvalue weighted by Gasteiger charge is -2.56. The predicted molar refractivity (Wildman–Crippen MR) is 108 cm³/mol. The highest BCUT2D eigenvalue weighted by atomic mass is 35.5. The molecule has 2 aromatic rings. The van der Waals surface area contributed by atoms with Gasteiger partial charge in [0.05, 0.1) is 16.3 Å². The van der Waals surface area contributed by atoms with E-state index in [4.69, 9.17) is 11.6 Å². The second kappa shape index (κ2) is 6.98. The number of amides is 1. The Morgan fingerprint density at radius 2 is 1.67 bits per heavy atom. The van der Waals surface area contributed by atoms with Crippen molar-refractivity contribution in [3.05, 3.63) is 58.4 Å². The first-order chi connectivity index (χ1) is 14.2. The second-order valence-electron chi connectivity index (χ2n) is 9.27. The van der Waals surface area contributed by atoms with Crippen LogP contribution in [0.25, 0.3) is 0 Å². The van der Waals surface area contributed by atoms with E-state index in [2.05, 4.69) is 10.3 Å². The van der Waals surface area contributed by atoms with Gasteiger partial charge < -0.3 is 5.32 Å². The summed E-state index contributed by atoms with van der Waals surface area (Å²) < 4.78 is 39.0. The van der Waals surface area contributed by atoms with Crippen LogP contribution < -0.4 is 5.32 Å². The molecule has 4 aliphatic rings. The van der Waals surface area contributed by atoms with Gasteiger partial charge in [-0.05, 0) is 86.6 Å². The normalized spacial score (nSPS) is 29.8. The van der Waals surface area contributed by atoms with Crippen LogP contribution in [0.1, 0.15) is 60.1 Å². The lowest BCUT2D eigenvalue weighted by molar-refractivity contribution is -0.137. The zero-order chi connectivity index (χ0) is 21.1. The molecule has 1 N–H and O–H groups in total. The number of carbonyl (C=O) groups excluding carboxylic acids is 1. The van der Waals surface area contributed by atoms with Gasteiger partial charge in [0.1, 0.15) is 0 Å². The monoisotopic (exact) mass is 434 g/mol. The number of nitrogens with zero attached hydrogens (tertiary/aromatic N) is 1. The second-order valence-corrected chi connectivity index (χ2v) is 9.68. The van der Waals surface area contributed by atoms with Crippen molar-refractivity contribution in [3.8, 4) is 0 Å². The number of halogens is 4. The molecule has 0 unspecified atom stereocenters. The van der Waals surface area contributed by atoms with E-state index in [9.17, 15) is 18.0 Å². The third kappa shape index (κ3) is 3.49. The number of anilines is 1. The summed E-state index contributed by atoms with van der Waals surface area (Å²) in [5, 5.41) is 2.60. The Morgan fingerprint density at radius 3 is 2.27 bits per heavy atom. The molecule has 4 aliphatic carbocycles. The van der Waals surface area contributed by atoms with Crippen molar-refractivity contribution in [2.45, 2.75) is 50.1 Å². The lowest BCUT2D eigenvalue weighted by Crippen LogP contribution is -2.49. The summed E-state index contributed by atoms with van der Waals surface area (Å²) in [5.74, 6) is 1.77. The maximum atomic E-state index is 13.0. The molecule has 1 aromatic heterocycles. The smallest absolute Gasteiger partial charge is 0.321 e. The molecule has 1 heterocycles. The van der Waals surface area contributed by atoms with E-state index in [1.807, 2.05) is 6.07 Å². The van der Waals surface area contributed by atoms with Crippen LogP contribution in [0, 0.1) is 17.8 Å². The summed E-state index contributed by atoms with van der Waals surface area (Å²) >= 11 is 6.03. The molecule has 30 heavy (non-hydrogen) atoms. The maximum Gasteiger partial charge on any atom is 0.416 e. The highest BCUT2D eigenvalue weighted by molar-refractivity contribution is 6.34. The summed E-state index contributed by atoms with van der Waals surface area (Å²) in [5.41, 5.74) is 0.475. The quantitative estimate of drug-likeness (QED) is 0.601. The van der Waals surface area contributed by atoms with Gasteiger partial charge in [-0.2, -0.15) is 13.2 Å². The number of nitrogens with one attached hydrogen (secondary N) is 1. The van der Waals surface area contributed by atoms with E-state index in [1.165, 1.54) is 19.3 Å². The first kappa shape index (κ1) is 19.9. The van der Waals surface area contributed by atoms with Gasteiger partial charge in [-0.3, -0.25) is 9.78 Å². The minimum atomic E-state index is -4.51. The van der Waals surface area contributed by atoms with E-state index in [1.54, 1.807) is 12.3 Å². The minimum absolute atomic E-state index is 0.0406. The van der Waals surface area contributed by atoms with E-state index >= 15 is 0 Å². The van der Waals surface area contributed by atoms with Crippen LogP contribution in [0.2, 0.25) is 5.02 Å². The van der Waals surface area contributed by atoms with Gasteiger partial charge in [-0.25, -0.2) is 0 Å². The van der Waals surface area contributed by atoms with Gasteiger partial charge in [-0.15, -0.1) is 0 Å². The number of benzene rings is 1. The Balaban J connectivity index is 1.41. The zero-order valence-corrected chi connectivity index (χ0v) is 17.1. The molecule has 0 radical (unpaired) electrons. The Hall–Kier alpha value is -2.08. The third-order valence-electron chi connectivity index (χ3n) is 7.15. The van der Waals surface area contributed by atoms with Crippen molar-refractivity contribution in [1.82, 2.24) is 4.98 Å². The Labute approximate surface area is 178 Å². The Bertz CT molecular complexity index is 969. The number of carbonyl (C=O) groups is 1. The SMILES string of the molecule is O=C(Nc1cc(C(F)(F)F)ccc1Cl)c1ccnc(C23CC4CC(CC(C4)C2)C3)c1. The highest BCUT2D eigenvalue weighted by Crippen LogP contribution is 2.60. The number of aromatic nitrogens is 1. The summed E-state index contributed by atoms with van der Waals surface area (Å²) in [6.45, 7) is 0. The molecule has 6 rings (SSSR count). The van der Waals surface area contributed by atoms with Crippen molar-refractivity contribution in [3.63, 3.8) is 0 Å². The van der Waals surface area contributed by atoms with Crippen LogP contribution >= 0.6 is 11.6 Å². The van der Waals surface area contributed by atoms with Crippen LogP contribution in [0.4, 0.5) is 18.9 Å². The van der Waals surface area contributed by atoms with Gasteiger partial charge in [0.15, 0.2) is 0 Å². The van der Waals surface area contributed by atoms with Crippen molar-refractivity contribution in [2.75, 3.05) is 5.32 Å². The van der Waals surface area contributed by atoms with E-state index in [-0.39, 0.29) is 16.1 Å². The van der Waals surface area contributed by atoms with Crippen LogP contribution in [0.5, 0.6) is 0 Å². The van der Waals surface area contributed by atoms with Gasteiger partial charge in [0, 0.05) is 22.9 Å². The fraction of sp³-hybridized carbons (Fsp3) is 0.478. The zero-order valence-electron chi connectivity index (χ0n) is 16.3. The molecule has 4 bridgehead atoms. The van der Waals surface area contributed by atoms with Crippen LogP contribution in [-0.4, -0.2) is 10.9 Å². The van der Waals surface area contributed by atoms with Crippen LogP contribution in [0.15, 0.2) is 36.5 Å². The third-order valence-corrected chi connectivity index (χ3v) is 7.48. The van der Waals surface area contributed by atoms with E-state index in [0.717, 1.165) is 60.9 Å². The average molecular weight is 435 g/mol. The highest BCUT2D eigenvalue weighted by Gasteiger charge is 2.52. The van der Waals surface area contributed by atoms with Crippen LogP contribution in [0.3, 0.4) is 0 Å².